The summed E-state index contributed by atoms with van der Waals surface area (Å²) in [7, 11) is 0. The molecule has 100 valence electrons. The fraction of sp³-hybridized carbons (Fsp3) is 0.714. The van der Waals surface area contributed by atoms with Gasteiger partial charge in [0.05, 0.1) is 11.1 Å². The van der Waals surface area contributed by atoms with Gasteiger partial charge in [0, 0.05) is 32.2 Å². The minimum Gasteiger partial charge on any atom is -0.391 e. The lowest BCUT2D eigenvalue weighted by Crippen LogP contribution is -2.54. The van der Waals surface area contributed by atoms with E-state index in [4.69, 9.17) is 0 Å². The van der Waals surface area contributed by atoms with Crippen LogP contribution >= 0.6 is 11.3 Å². The molecule has 0 radical (unpaired) electrons. The van der Waals surface area contributed by atoms with Gasteiger partial charge in [0.2, 0.25) is 0 Å². The minimum absolute atomic E-state index is 0.0907. The maximum Gasteiger partial charge on any atom is 0.0909 e. The average Bonchev–Trinajstić information content (AvgIpc) is 2.94. The summed E-state index contributed by atoms with van der Waals surface area (Å²) in [5, 5.41) is 13.7. The summed E-state index contributed by atoms with van der Waals surface area (Å²) < 4.78 is 0. The molecule has 1 aromatic heterocycles. The van der Waals surface area contributed by atoms with E-state index in [-0.39, 0.29) is 6.10 Å². The number of hydrogen-bond donors (Lipinski definition) is 1. The zero-order valence-corrected chi connectivity index (χ0v) is 11.6. The second-order valence-electron chi connectivity index (χ2n) is 5.39. The van der Waals surface area contributed by atoms with Gasteiger partial charge >= 0.3 is 0 Å². The van der Waals surface area contributed by atoms with Gasteiger partial charge < -0.3 is 10.0 Å². The molecule has 1 saturated heterocycles. The van der Waals surface area contributed by atoms with Crippen LogP contribution in [0.1, 0.15) is 25.7 Å². The summed E-state index contributed by atoms with van der Waals surface area (Å²) in [6, 6.07) is 4.75. The summed E-state index contributed by atoms with van der Waals surface area (Å²) in [6.45, 7) is 4.40. The SMILES string of the molecule is OC1CCCCC1N1CCN(c2cccs2)CC1. The Morgan fingerprint density at radius 2 is 1.89 bits per heavy atom. The largest absolute Gasteiger partial charge is 0.391 e. The second-order valence-corrected chi connectivity index (χ2v) is 6.32. The summed E-state index contributed by atoms with van der Waals surface area (Å²) in [4.78, 5) is 4.98. The lowest BCUT2D eigenvalue weighted by molar-refractivity contribution is 0.0173. The van der Waals surface area contributed by atoms with Crippen LogP contribution in [0.2, 0.25) is 0 Å². The van der Waals surface area contributed by atoms with E-state index in [0.717, 1.165) is 32.6 Å². The molecule has 3 rings (SSSR count). The van der Waals surface area contributed by atoms with Gasteiger partial charge in [-0.3, -0.25) is 4.90 Å². The molecule has 1 N–H and O–H groups in total. The quantitative estimate of drug-likeness (QED) is 0.889. The van der Waals surface area contributed by atoms with E-state index in [9.17, 15) is 5.11 Å². The van der Waals surface area contributed by atoms with Crippen LogP contribution in [0, 0.1) is 0 Å². The second kappa shape index (κ2) is 5.59. The monoisotopic (exact) mass is 266 g/mol. The first-order valence-electron chi connectivity index (χ1n) is 7.05. The van der Waals surface area contributed by atoms with Gasteiger partial charge in [0.25, 0.3) is 0 Å². The van der Waals surface area contributed by atoms with Crippen LogP contribution in [0.5, 0.6) is 0 Å². The molecule has 2 fully saturated rings. The first-order valence-corrected chi connectivity index (χ1v) is 7.93. The maximum absolute atomic E-state index is 10.1. The highest BCUT2D eigenvalue weighted by Crippen LogP contribution is 2.27. The van der Waals surface area contributed by atoms with Crippen LogP contribution in [0.25, 0.3) is 0 Å². The molecule has 0 amide bonds. The van der Waals surface area contributed by atoms with Gasteiger partial charge in [-0.05, 0) is 30.4 Å². The number of anilines is 1. The molecule has 0 spiro atoms. The van der Waals surface area contributed by atoms with Gasteiger partial charge in [-0.25, -0.2) is 0 Å². The van der Waals surface area contributed by atoms with Crippen LogP contribution < -0.4 is 4.90 Å². The van der Waals surface area contributed by atoms with E-state index in [0.29, 0.717) is 6.04 Å². The summed E-state index contributed by atoms with van der Waals surface area (Å²) in [5.74, 6) is 0. The van der Waals surface area contributed by atoms with Gasteiger partial charge in [-0.2, -0.15) is 0 Å². The Morgan fingerprint density at radius 3 is 2.56 bits per heavy atom. The zero-order chi connectivity index (χ0) is 12.4. The zero-order valence-electron chi connectivity index (χ0n) is 10.8. The number of thiophene rings is 1. The van der Waals surface area contributed by atoms with E-state index < -0.39 is 0 Å². The smallest absolute Gasteiger partial charge is 0.0909 e. The van der Waals surface area contributed by atoms with E-state index in [1.807, 2.05) is 11.3 Å². The Hall–Kier alpha value is -0.580. The molecule has 2 heterocycles. The van der Waals surface area contributed by atoms with Crippen LogP contribution in [0.3, 0.4) is 0 Å². The van der Waals surface area contributed by atoms with Crippen molar-refractivity contribution in [2.45, 2.75) is 37.8 Å². The van der Waals surface area contributed by atoms with Crippen molar-refractivity contribution < 1.29 is 5.11 Å². The number of hydrogen-bond acceptors (Lipinski definition) is 4. The third-order valence-corrected chi connectivity index (χ3v) is 5.22. The van der Waals surface area contributed by atoms with Crippen molar-refractivity contribution in [2.24, 2.45) is 0 Å². The Kier molecular flexibility index (Phi) is 3.87. The number of aliphatic hydroxyl groups is 1. The average molecular weight is 266 g/mol. The molecule has 2 atom stereocenters. The predicted molar refractivity (Wildman–Crippen MR) is 76.4 cm³/mol. The lowest BCUT2D eigenvalue weighted by Gasteiger charge is -2.43. The first kappa shape index (κ1) is 12.5. The number of nitrogens with zero attached hydrogens (tertiary/aromatic N) is 2. The molecule has 1 aromatic rings. The normalized spacial score (nSPS) is 30.6. The molecule has 1 saturated carbocycles. The highest BCUT2D eigenvalue weighted by molar-refractivity contribution is 7.14. The predicted octanol–water partition coefficient (Wildman–Crippen LogP) is 2.17. The highest BCUT2D eigenvalue weighted by atomic mass is 32.1. The number of aliphatic hydroxyl groups excluding tert-OH is 1. The van der Waals surface area contributed by atoms with Crippen molar-refractivity contribution in [1.82, 2.24) is 4.90 Å². The van der Waals surface area contributed by atoms with Crippen LogP contribution in [0.15, 0.2) is 17.5 Å². The molecular weight excluding hydrogens is 244 g/mol. The number of rotatable bonds is 2. The van der Waals surface area contributed by atoms with Crippen molar-refractivity contribution in [3.8, 4) is 0 Å². The third kappa shape index (κ3) is 2.56. The van der Waals surface area contributed by atoms with Crippen molar-refractivity contribution in [1.29, 1.82) is 0 Å². The van der Waals surface area contributed by atoms with Gasteiger partial charge in [0.15, 0.2) is 0 Å². The molecule has 1 aliphatic heterocycles. The van der Waals surface area contributed by atoms with E-state index in [1.165, 1.54) is 24.3 Å². The summed E-state index contributed by atoms with van der Waals surface area (Å²) in [6.07, 6.45) is 4.57. The summed E-state index contributed by atoms with van der Waals surface area (Å²) in [5.41, 5.74) is 0. The number of piperazine rings is 1. The lowest BCUT2D eigenvalue weighted by atomic mass is 9.91. The highest BCUT2D eigenvalue weighted by Gasteiger charge is 2.30. The molecule has 18 heavy (non-hydrogen) atoms. The van der Waals surface area contributed by atoms with Crippen LogP contribution in [-0.2, 0) is 0 Å². The molecule has 4 heteroatoms. The fourth-order valence-electron chi connectivity index (χ4n) is 3.24. The van der Waals surface area contributed by atoms with Crippen molar-refractivity contribution >= 4 is 16.3 Å². The molecule has 0 bridgehead atoms. The third-order valence-electron chi connectivity index (χ3n) is 4.30. The topological polar surface area (TPSA) is 26.7 Å². The van der Waals surface area contributed by atoms with Crippen molar-refractivity contribution in [2.75, 3.05) is 31.1 Å². The molecule has 2 aliphatic rings. The van der Waals surface area contributed by atoms with Crippen molar-refractivity contribution in [3.63, 3.8) is 0 Å². The minimum atomic E-state index is -0.0907. The first-order chi connectivity index (χ1) is 8.84. The Bertz CT molecular complexity index is 360. The molecule has 2 unspecified atom stereocenters. The van der Waals surface area contributed by atoms with E-state index >= 15 is 0 Å². The van der Waals surface area contributed by atoms with Gasteiger partial charge in [-0.15, -0.1) is 11.3 Å². The molecule has 1 aliphatic carbocycles. The van der Waals surface area contributed by atoms with Crippen LogP contribution in [-0.4, -0.2) is 48.3 Å². The Labute approximate surface area is 113 Å². The van der Waals surface area contributed by atoms with E-state index in [1.54, 1.807) is 0 Å². The Balaban J connectivity index is 1.56. The van der Waals surface area contributed by atoms with E-state index in [2.05, 4.69) is 27.3 Å². The maximum atomic E-state index is 10.1. The Morgan fingerprint density at radius 1 is 1.11 bits per heavy atom. The molecule has 3 nitrogen and oxygen atoms in total. The molecular formula is C14H22N2OS. The standard InChI is InChI=1S/C14H22N2OS/c17-13-5-2-1-4-12(13)15-7-9-16(10-8-15)14-6-3-11-18-14/h3,6,11-13,17H,1-2,4-5,7-10H2. The molecule has 0 aromatic carbocycles. The van der Waals surface area contributed by atoms with Gasteiger partial charge in [-0.1, -0.05) is 12.8 Å². The van der Waals surface area contributed by atoms with Crippen molar-refractivity contribution in [3.05, 3.63) is 17.5 Å². The van der Waals surface area contributed by atoms with Gasteiger partial charge in [0.1, 0.15) is 0 Å². The summed E-state index contributed by atoms with van der Waals surface area (Å²) >= 11 is 1.82. The van der Waals surface area contributed by atoms with Crippen LogP contribution in [0.4, 0.5) is 5.00 Å². The fourth-order valence-corrected chi connectivity index (χ4v) is 4.03.